The molecule has 6 heteroatoms. The predicted molar refractivity (Wildman–Crippen MR) is 85.2 cm³/mol. The molecule has 0 bridgehead atoms. The fourth-order valence-electron chi connectivity index (χ4n) is 1.82. The summed E-state index contributed by atoms with van der Waals surface area (Å²) in [5, 5.41) is 7.66. The van der Waals surface area contributed by atoms with Gasteiger partial charge in [0.15, 0.2) is 0 Å². The molecule has 0 aliphatic carbocycles. The number of thiazole rings is 1. The van der Waals surface area contributed by atoms with Crippen molar-refractivity contribution in [1.29, 1.82) is 0 Å². The highest BCUT2D eigenvalue weighted by molar-refractivity contribution is 7.13. The van der Waals surface area contributed by atoms with Crippen LogP contribution in [0.3, 0.4) is 0 Å². The highest BCUT2D eigenvalue weighted by Crippen LogP contribution is 2.21. The van der Waals surface area contributed by atoms with Gasteiger partial charge in [0, 0.05) is 16.5 Å². The molecule has 0 aliphatic rings. The van der Waals surface area contributed by atoms with Gasteiger partial charge in [0.05, 0.1) is 24.4 Å². The summed E-state index contributed by atoms with van der Waals surface area (Å²) in [5.41, 5.74) is 1.62. The predicted octanol–water partition coefficient (Wildman–Crippen LogP) is 3.13. The van der Waals surface area contributed by atoms with Crippen molar-refractivity contribution >= 4 is 28.6 Å². The van der Waals surface area contributed by atoms with Crippen molar-refractivity contribution in [2.45, 2.75) is 13.0 Å². The minimum atomic E-state index is -0.0127. The molecule has 0 atom stereocenters. The summed E-state index contributed by atoms with van der Waals surface area (Å²) >= 11 is 3.14. The van der Waals surface area contributed by atoms with Crippen LogP contribution in [0.5, 0.6) is 0 Å². The topological polar surface area (TPSA) is 54.9 Å². The monoisotopic (exact) mass is 315 g/mol. The number of thiophene rings is 1. The average Bonchev–Trinajstić information content (AvgIpc) is 3.17. The van der Waals surface area contributed by atoms with Crippen LogP contribution in [0.25, 0.3) is 10.7 Å². The third-order valence-corrected chi connectivity index (χ3v) is 4.61. The highest BCUT2D eigenvalue weighted by Gasteiger charge is 2.09. The molecule has 3 aromatic rings. The third kappa shape index (κ3) is 3.74. The number of pyridine rings is 1. The maximum atomic E-state index is 11.9. The molecule has 0 fully saturated rings. The molecule has 0 spiro atoms. The average molecular weight is 315 g/mol. The number of carbonyl (C=O) groups excluding carboxylic acids is 1. The fraction of sp³-hybridized carbons (Fsp3) is 0.133. The molecular formula is C15H13N3OS2. The largest absolute Gasteiger partial charge is 0.351 e. The Morgan fingerprint density at radius 3 is 2.90 bits per heavy atom. The first-order chi connectivity index (χ1) is 10.3. The van der Waals surface area contributed by atoms with E-state index in [1.165, 1.54) is 11.3 Å². The van der Waals surface area contributed by atoms with Crippen molar-refractivity contribution in [1.82, 2.24) is 15.3 Å². The van der Waals surface area contributed by atoms with E-state index in [-0.39, 0.29) is 5.91 Å². The number of amides is 1. The summed E-state index contributed by atoms with van der Waals surface area (Å²) in [7, 11) is 0. The standard InChI is InChI=1S/C15H13N3OS2/c19-14(17-9-12-4-3-7-20-12)8-11-10-21-15(18-11)13-5-1-2-6-16-13/h1-7,10H,8-9H2,(H,17,19). The van der Waals surface area contributed by atoms with Gasteiger partial charge < -0.3 is 5.32 Å². The molecule has 106 valence electrons. The van der Waals surface area contributed by atoms with E-state index in [0.29, 0.717) is 13.0 Å². The molecule has 0 radical (unpaired) electrons. The Hall–Kier alpha value is -2.05. The second-order valence-corrected chi connectivity index (χ2v) is 6.28. The summed E-state index contributed by atoms with van der Waals surface area (Å²) in [4.78, 5) is 21.8. The molecule has 0 saturated carbocycles. The number of rotatable bonds is 5. The molecule has 0 saturated heterocycles. The highest BCUT2D eigenvalue weighted by atomic mass is 32.1. The van der Waals surface area contributed by atoms with Crippen molar-refractivity contribution in [2.24, 2.45) is 0 Å². The SMILES string of the molecule is O=C(Cc1csc(-c2ccccn2)n1)NCc1cccs1. The van der Waals surface area contributed by atoms with E-state index in [4.69, 9.17) is 0 Å². The van der Waals surface area contributed by atoms with E-state index < -0.39 is 0 Å². The van der Waals surface area contributed by atoms with Gasteiger partial charge in [-0.25, -0.2) is 4.98 Å². The maximum absolute atomic E-state index is 11.9. The number of nitrogens with zero attached hydrogens (tertiary/aromatic N) is 2. The Kier molecular flexibility index (Phi) is 4.37. The lowest BCUT2D eigenvalue weighted by atomic mass is 10.3. The molecule has 1 amide bonds. The van der Waals surface area contributed by atoms with Gasteiger partial charge in [-0.05, 0) is 23.6 Å². The van der Waals surface area contributed by atoms with Gasteiger partial charge in [0.25, 0.3) is 0 Å². The third-order valence-electron chi connectivity index (χ3n) is 2.82. The summed E-state index contributed by atoms with van der Waals surface area (Å²) < 4.78 is 0. The van der Waals surface area contributed by atoms with Gasteiger partial charge in [0.1, 0.15) is 5.01 Å². The maximum Gasteiger partial charge on any atom is 0.226 e. The first kappa shape index (κ1) is 13.9. The Balaban J connectivity index is 1.58. The van der Waals surface area contributed by atoms with Crippen LogP contribution < -0.4 is 5.32 Å². The zero-order valence-electron chi connectivity index (χ0n) is 11.2. The van der Waals surface area contributed by atoms with Crippen LogP contribution in [0.4, 0.5) is 0 Å². The minimum Gasteiger partial charge on any atom is -0.351 e. The summed E-state index contributed by atoms with van der Waals surface area (Å²) in [6.07, 6.45) is 2.04. The summed E-state index contributed by atoms with van der Waals surface area (Å²) in [6, 6.07) is 9.70. The van der Waals surface area contributed by atoms with Gasteiger partial charge in [-0.15, -0.1) is 22.7 Å². The lowest BCUT2D eigenvalue weighted by Gasteiger charge is -2.01. The molecule has 21 heavy (non-hydrogen) atoms. The van der Waals surface area contributed by atoms with Crippen LogP contribution in [0.2, 0.25) is 0 Å². The smallest absolute Gasteiger partial charge is 0.226 e. The fourth-order valence-corrected chi connectivity index (χ4v) is 3.26. The Morgan fingerprint density at radius 2 is 2.14 bits per heavy atom. The van der Waals surface area contributed by atoms with Crippen LogP contribution >= 0.6 is 22.7 Å². The number of nitrogens with one attached hydrogen (secondary N) is 1. The Bertz CT molecular complexity index is 708. The Labute approximate surface area is 130 Å². The van der Waals surface area contributed by atoms with Crippen molar-refractivity contribution in [3.05, 3.63) is 57.9 Å². The van der Waals surface area contributed by atoms with Crippen molar-refractivity contribution in [3.8, 4) is 10.7 Å². The van der Waals surface area contributed by atoms with Gasteiger partial charge in [0.2, 0.25) is 5.91 Å². The van der Waals surface area contributed by atoms with E-state index in [1.807, 2.05) is 41.1 Å². The number of hydrogen-bond donors (Lipinski definition) is 1. The van der Waals surface area contributed by atoms with E-state index >= 15 is 0 Å². The quantitative estimate of drug-likeness (QED) is 0.787. The lowest BCUT2D eigenvalue weighted by Crippen LogP contribution is -2.24. The van der Waals surface area contributed by atoms with Crippen LogP contribution in [-0.2, 0) is 17.8 Å². The first-order valence-electron chi connectivity index (χ1n) is 6.46. The zero-order valence-corrected chi connectivity index (χ0v) is 12.8. The van der Waals surface area contributed by atoms with E-state index in [0.717, 1.165) is 21.3 Å². The van der Waals surface area contributed by atoms with E-state index in [9.17, 15) is 4.79 Å². The van der Waals surface area contributed by atoms with Gasteiger partial charge in [-0.2, -0.15) is 0 Å². The molecule has 0 aromatic carbocycles. The molecular weight excluding hydrogens is 302 g/mol. The van der Waals surface area contributed by atoms with Crippen molar-refractivity contribution < 1.29 is 4.79 Å². The number of aromatic nitrogens is 2. The molecule has 3 aromatic heterocycles. The van der Waals surface area contributed by atoms with Crippen molar-refractivity contribution in [3.63, 3.8) is 0 Å². The van der Waals surface area contributed by atoms with Gasteiger partial charge in [-0.1, -0.05) is 12.1 Å². The molecule has 1 N–H and O–H groups in total. The minimum absolute atomic E-state index is 0.0127. The number of hydrogen-bond acceptors (Lipinski definition) is 5. The molecule has 3 heterocycles. The molecule has 3 rings (SSSR count). The van der Waals surface area contributed by atoms with Gasteiger partial charge in [-0.3, -0.25) is 9.78 Å². The van der Waals surface area contributed by atoms with Crippen LogP contribution in [0.15, 0.2) is 47.3 Å². The second kappa shape index (κ2) is 6.60. The van der Waals surface area contributed by atoms with Crippen LogP contribution in [0, 0.1) is 0 Å². The van der Waals surface area contributed by atoms with Crippen molar-refractivity contribution in [2.75, 3.05) is 0 Å². The zero-order chi connectivity index (χ0) is 14.5. The first-order valence-corrected chi connectivity index (χ1v) is 8.22. The second-order valence-electron chi connectivity index (χ2n) is 4.39. The van der Waals surface area contributed by atoms with Gasteiger partial charge >= 0.3 is 0 Å². The van der Waals surface area contributed by atoms with E-state index in [1.54, 1.807) is 17.5 Å². The van der Waals surface area contributed by atoms with Crippen LogP contribution in [0.1, 0.15) is 10.6 Å². The summed E-state index contributed by atoms with van der Waals surface area (Å²) in [6.45, 7) is 0.577. The lowest BCUT2D eigenvalue weighted by molar-refractivity contribution is -0.120. The summed E-state index contributed by atoms with van der Waals surface area (Å²) in [5.74, 6) is -0.0127. The number of carbonyl (C=O) groups is 1. The normalized spacial score (nSPS) is 10.5. The molecule has 0 unspecified atom stereocenters. The Morgan fingerprint density at radius 1 is 1.19 bits per heavy atom. The molecule has 0 aliphatic heterocycles. The molecule has 4 nitrogen and oxygen atoms in total. The van der Waals surface area contributed by atoms with E-state index in [2.05, 4.69) is 15.3 Å². The van der Waals surface area contributed by atoms with Crippen LogP contribution in [-0.4, -0.2) is 15.9 Å².